The maximum absolute atomic E-state index is 12.8. The number of halogens is 1. The summed E-state index contributed by atoms with van der Waals surface area (Å²) >= 11 is 1.23. The molecule has 0 N–H and O–H groups in total. The highest BCUT2D eigenvalue weighted by Gasteiger charge is 2.16. The average molecular weight is 274 g/mol. The van der Waals surface area contributed by atoms with E-state index in [1.165, 1.54) is 29.5 Å². The number of benzene rings is 2. The first-order valence-electron chi connectivity index (χ1n) is 6.10. The van der Waals surface area contributed by atoms with Crippen LogP contribution >= 0.6 is 11.8 Å². The van der Waals surface area contributed by atoms with Crippen LogP contribution in [0.5, 0.6) is 0 Å². The van der Waals surface area contributed by atoms with Crippen LogP contribution in [0.25, 0.3) is 0 Å². The maximum Gasteiger partial charge on any atom is 0.200 e. The molecule has 0 bridgehead atoms. The smallest absolute Gasteiger partial charge is 0.200 e. The number of carbonyl (C=O) groups is 1. The van der Waals surface area contributed by atoms with Crippen molar-refractivity contribution in [2.75, 3.05) is 0 Å². The minimum atomic E-state index is -0.283. The monoisotopic (exact) mass is 274 g/mol. The first-order chi connectivity index (χ1) is 9.06. The van der Waals surface area contributed by atoms with Crippen molar-refractivity contribution >= 4 is 16.9 Å². The zero-order chi connectivity index (χ0) is 13.8. The lowest BCUT2D eigenvalue weighted by molar-refractivity contribution is -0.111. The van der Waals surface area contributed by atoms with E-state index >= 15 is 0 Å². The van der Waals surface area contributed by atoms with Crippen LogP contribution in [0.2, 0.25) is 0 Å². The topological polar surface area (TPSA) is 17.1 Å². The predicted molar refractivity (Wildman–Crippen MR) is 76.9 cm³/mol. The van der Waals surface area contributed by atoms with Gasteiger partial charge in [-0.05, 0) is 36.8 Å². The normalized spacial score (nSPS) is 12.2. The lowest BCUT2D eigenvalue weighted by atomic mass is 10.0. The Bertz CT molecular complexity index is 560. The van der Waals surface area contributed by atoms with Gasteiger partial charge in [0, 0.05) is 4.90 Å². The molecule has 0 aromatic heterocycles. The van der Waals surface area contributed by atoms with Gasteiger partial charge in [-0.2, -0.15) is 0 Å². The molecule has 0 fully saturated rings. The van der Waals surface area contributed by atoms with Crippen LogP contribution in [0.3, 0.4) is 0 Å². The second kappa shape index (κ2) is 6.02. The standard InChI is InChI=1S/C16H15FOS/c1-11-3-9-15(10-4-11)19-16(18)12(2)13-5-7-14(17)8-6-13/h3-10,12H,1-2H3. The van der Waals surface area contributed by atoms with E-state index in [9.17, 15) is 9.18 Å². The first kappa shape index (κ1) is 13.8. The minimum absolute atomic E-state index is 0.0652. The Morgan fingerprint density at radius 3 is 2.21 bits per heavy atom. The number of carbonyl (C=O) groups excluding carboxylic acids is 1. The molecule has 0 radical (unpaired) electrons. The zero-order valence-electron chi connectivity index (χ0n) is 10.9. The van der Waals surface area contributed by atoms with Crippen LogP contribution in [0, 0.1) is 12.7 Å². The SMILES string of the molecule is Cc1ccc(SC(=O)C(C)c2ccc(F)cc2)cc1. The third-order valence-corrected chi connectivity index (χ3v) is 4.03. The van der Waals surface area contributed by atoms with Crippen molar-refractivity contribution in [3.63, 3.8) is 0 Å². The highest BCUT2D eigenvalue weighted by Crippen LogP contribution is 2.28. The molecule has 0 aliphatic heterocycles. The van der Waals surface area contributed by atoms with Crippen LogP contribution in [0.1, 0.15) is 24.0 Å². The molecule has 19 heavy (non-hydrogen) atoms. The van der Waals surface area contributed by atoms with E-state index < -0.39 is 0 Å². The molecule has 0 saturated heterocycles. The summed E-state index contributed by atoms with van der Waals surface area (Å²) < 4.78 is 12.8. The molecule has 98 valence electrons. The summed E-state index contributed by atoms with van der Waals surface area (Å²) in [5.41, 5.74) is 2.01. The van der Waals surface area contributed by atoms with Crippen molar-refractivity contribution in [1.29, 1.82) is 0 Å². The van der Waals surface area contributed by atoms with Gasteiger partial charge < -0.3 is 0 Å². The summed E-state index contributed by atoms with van der Waals surface area (Å²) in [6.45, 7) is 3.86. The second-order valence-electron chi connectivity index (χ2n) is 4.51. The number of hydrogen-bond acceptors (Lipinski definition) is 2. The zero-order valence-corrected chi connectivity index (χ0v) is 11.7. The third-order valence-electron chi connectivity index (χ3n) is 2.96. The highest BCUT2D eigenvalue weighted by molar-refractivity contribution is 8.13. The van der Waals surface area contributed by atoms with E-state index in [0.717, 1.165) is 10.5 Å². The Morgan fingerprint density at radius 1 is 1.05 bits per heavy atom. The fourth-order valence-electron chi connectivity index (χ4n) is 1.70. The molecule has 0 saturated carbocycles. The molecule has 0 amide bonds. The highest BCUT2D eigenvalue weighted by atomic mass is 32.2. The van der Waals surface area contributed by atoms with Crippen LogP contribution in [-0.4, -0.2) is 5.12 Å². The van der Waals surface area contributed by atoms with Crippen LogP contribution < -0.4 is 0 Å². The minimum Gasteiger partial charge on any atom is -0.286 e. The molecule has 1 atom stereocenters. The second-order valence-corrected chi connectivity index (χ2v) is 5.59. The summed E-state index contributed by atoms with van der Waals surface area (Å²) in [7, 11) is 0. The lowest BCUT2D eigenvalue weighted by Gasteiger charge is -2.10. The van der Waals surface area contributed by atoms with Gasteiger partial charge in [0.25, 0.3) is 0 Å². The largest absolute Gasteiger partial charge is 0.286 e. The molecule has 3 heteroatoms. The summed E-state index contributed by atoms with van der Waals surface area (Å²) in [6, 6.07) is 13.9. The van der Waals surface area contributed by atoms with E-state index in [-0.39, 0.29) is 16.9 Å². The fourth-order valence-corrected chi connectivity index (χ4v) is 2.52. The van der Waals surface area contributed by atoms with E-state index in [1.807, 2.05) is 38.1 Å². The van der Waals surface area contributed by atoms with Gasteiger partial charge in [-0.25, -0.2) is 4.39 Å². The van der Waals surface area contributed by atoms with Crippen LogP contribution in [0.4, 0.5) is 4.39 Å². The third kappa shape index (κ3) is 3.67. The van der Waals surface area contributed by atoms with E-state index in [1.54, 1.807) is 12.1 Å². The Labute approximate surface area is 116 Å². The molecule has 0 spiro atoms. The summed E-state index contributed by atoms with van der Waals surface area (Å²) in [5, 5.41) is 0.0652. The van der Waals surface area contributed by atoms with Gasteiger partial charge in [0.2, 0.25) is 5.12 Å². The van der Waals surface area contributed by atoms with Gasteiger partial charge in [-0.3, -0.25) is 4.79 Å². The number of thioether (sulfide) groups is 1. The van der Waals surface area contributed by atoms with Gasteiger partial charge in [0.1, 0.15) is 5.82 Å². The van der Waals surface area contributed by atoms with Crippen molar-refractivity contribution in [3.05, 3.63) is 65.5 Å². The van der Waals surface area contributed by atoms with E-state index in [4.69, 9.17) is 0 Å². The molecule has 0 aliphatic carbocycles. The molecule has 1 unspecified atom stereocenters. The van der Waals surface area contributed by atoms with Gasteiger partial charge in [-0.1, -0.05) is 48.5 Å². The number of hydrogen-bond donors (Lipinski definition) is 0. The molecule has 0 aliphatic rings. The quantitative estimate of drug-likeness (QED) is 0.763. The number of aryl methyl sites for hydroxylation is 1. The molecular weight excluding hydrogens is 259 g/mol. The summed E-state index contributed by atoms with van der Waals surface area (Å²) in [4.78, 5) is 13.1. The average Bonchev–Trinajstić information content (AvgIpc) is 2.41. The van der Waals surface area contributed by atoms with Crippen LogP contribution in [-0.2, 0) is 4.79 Å². The molecular formula is C16H15FOS. The van der Waals surface area contributed by atoms with Gasteiger partial charge in [0.15, 0.2) is 0 Å². The van der Waals surface area contributed by atoms with Crippen LogP contribution in [0.15, 0.2) is 53.4 Å². The van der Waals surface area contributed by atoms with E-state index in [0.29, 0.717) is 0 Å². The van der Waals surface area contributed by atoms with Gasteiger partial charge >= 0.3 is 0 Å². The van der Waals surface area contributed by atoms with E-state index in [2.05, 4.69) is 0 Å². The fraction of sp³-hybridized carbons (Fsp3) is 0.188. The summed E-state index contributed by atoms with van der Waals surface area (Å²) in [5.74, 6) is -0.526. The van der Waals surface area contributed by atoms with Gasteiger partial charge in [0.05, 0.1) is 5.92 Å². The molecule has 2 rings (SSSR count). The van der Waals surface area contributed by atoms with Crippen molar-refractivity contribution in [2.45, 2.75) is 24.7 Å². The first-order valence-corrected chi connectivity index (χ1v) is 6.92. The number of rotatable bonds is 3. The molecule has 0 heterocycles. The molecule has 1 nitrogen and oxygen atoms in total. The molecule has 2 aromatic rings. The van der Waals surface area contributed by atoms with Crippen molar-refractivity contribution < 1.29 is 9.18 Å². The Balaban J connectivity index is 2.07. The Morgan fingerprint density at radius 2 is 1.63 bits per heavy atom. The Hall–Kier alpha value is -1.61. The lowest BCUT2D eigenvalue weighted by Crippen LogP contribution is -2.04. The van der Waals surface area contributed by atoms with Gasteiger partial charge in [-0.15, -0.1) is 0 Å². The maximum atomic E-state index is 12.8. The van der Waals surface area contributed by atoms with Crippen molar-refractivity contribution in [1.82, 2.24) is 0 Å². The van der Waals surface area contributed by atoms with Crippen molar-refractivity contribution in [3.8, 4) is 0 Å². The summed E-state index contributed by atoms with van der Waals surface area (Å²) in [6.07, 6.45) is 0. The molecule has 2 aromatic carbocycles. The Kier molecular flexibility index (Phi) is 4.38. The van der Waals surface area contributed by atoms with Crippen molar-refractivity contribution in [2.24, 2.45) is 0 Å². The predicted octanol–water partition coefficient (Wildman–Crippen LogP) is 4.56.